The number of nitrogens with zero attached hydrogens (tertiary/aromatic N) is 5. The first-order chi connectivity index (χ1) is 13.1. The molecule has 0 saturated heterocycles. The summed E-state index contributed by atoms with van der Waals surface area (Å²) in [5.74, 6) is 0.611. The summed E-state index contributed by atoms with van der Waals surface area (Å²) < 4.78 is 9.03. The summed E-state index contributed by atoms with van der Waals surface area (Å²) >= 11 is 0. The van der Waals surface area contributed by atoms with E-state index in [1.54, 1.807) is 4.68 Å². The quantitative estimate of drug-likeness (QED) is 0.544. The Kier molecular flexibility index (Phi) is 4.42. The predicted molar refractivity (Wildman–Crippen MR) is 102 cm³/mol. The monoisotopic (exact) mass is 361 g/mol. The van der Waals surface area contributed by atoms with E-state index in [-0.39, 0.29) is 23.1 Å². The molecule has 0 fully saturated rings. The molecule has 2 heterocycles. The average molecular weight is 361 g/mol. The van der Waals surface area contributed by atoms with Crippen molar-refractivity contribution in [3.63, 3.8) is 0 Å². The number of hydrogen-bond donors (Lipinski definition) is 0. The highest BCUT2D eigenvalue weighted by Crippen LogP contribution is 2.22. The van der Waals surface area contributed by atoms with Crippen LogP contribution in [0.4, 0.5) is 0 Å². The number of para-hydroxylation sites is 1. The third kappa shape index (κ3) is 3.31. The average Bonchev–Trinajstić information content (AvgIpc) is 3.06. The second kappa shape index (κ2) is 7.03. The Labute approximate surface area is 155 Å². The Hall–Kier alpha value is -3.48. The van der Waals surface area contributed by atoms with Gasteiger partial charge in [-0.15, -0.1) is 5.10 Å². The standard InChI is InChI=1S/C20H19N5O2/c1-14(2)25-19(26)17-18(21-20(25)27-16-11-7-4-8-12-16)24(23-22-17)13-15-9-5-3-6-10-15/h3-12,14H,13H2,1-2H3. The first kappa shape index (κ1) is 17.0. The molecule has 136 valence electrons. The molecule has 4 rings (SSSR count). The van der Waals surface area contributed by atoms with Crippen LogP contribution in [0.1, 0.15) is 25.5 Å². The normalized spacial score (nSPS) is 11.2. The summed E-state index contributed by atoms with van der Waals surface area (Å²) in [5.41, 5.74) is 1.43. The van der Waals surface area contributed by atoms with Gasteiger partial charge in [0.15, 0.2) is 11.2 Å². The molecule has 0 aliphatic heterocycles. The maximum atomic E-state index is 13.0. The van der Waals surface area contributed by atoms with E-state index in [0.29, 0.717) is 17.9 Å². The van der Waals surface area contributed by atoms with Crippen LogP contribution >= 0.6 is 0 Å². The second-order valence-corrected chi connectivity index (χ2v) is 6.48. The number of fused-ring (bicyclic) bond motifs is 1. The van der Waals surface area contributed by atoms with E-state index < -0.39 is 0 Å². The number of rotatable bonds is 5. The molecule has 0 unspecified atom stereocenters. The van der Waals surface area contributed by atoms with Crippen LogP contribution in [0.5, 0.6) is 11.8 Å². The lowest BCUT2D eigenvalue weighted by molar-refractivity contribution is 0.382. The molecule has 4 aromatic rings. The lowest BCUT2D eigenvalue weighted by Gasteiger charge is -2.15. The van der Waals surface area contributed by atoms with E-state index in [1.807, 2.05) is 74.5 Å². The molecule has 0 radical (unpaired) electrons. The van der Waals surface area contributed by atoms with Crippen molar-refractivity contribution in [2.75, 3.05) is 0 Å². The molecule has 27 heavy (non-hydrogen) atoms. The van der Waals surface area contributed by atoms with Gasteiger partial charge in [0.25, 0.3) is 5.56 Å². The van der Waals surface area contributed by atoms with Gasteiger partial charge in [-0.25, -0.2) is 4.68 Å². The highest BCUT2D eigenvalue weighted by Gasteiger charge is 2.20. The minimum absolute atomic E-state index is 0.132. The highest BCUT2D eigenvalue weighted by molar-refractivity contribution is 5.69. The summed E-state index contributed by atoms with van der Waals surface area (Å²) in [6.45, 7) is 4.28. The maximum Gasteiger partial charge on any atom is 0.307 e. The minimum Gasteiger partial charge on any atom is -0.425 e. The van der Waals surface area contributed by atoms with Gasteiger partial charge in [0.1, 0.15) is 5.75 Å². The molecule has 0 atom stereocenters. The third-order valence-corrected chi connectivity index (χ3v) is 4.18. The van der Waals surface area contributed by atoms with Crippen molar-refractivity contribution in [1.82, 2.24) is 24.5 Å². The number of benzene rings is 2. The summed E-state index contributed by atoms with van der Waals surface area (Å²) in [6.07, 6.45) is 0. The molecule has 0 saturated carbocycles. The van der Waals surface area contributed by atoms with E-state index in [0.717, 1.165) is 5.56 Å². The molecule has 0 aliphatic carbocycles. The first-order valence-corrected chi connectivity index (χ1v) is 8.76. The minimum atomic E-state index is -0.264. The van der Waals surface area contributed by atoms with Gasteiger partial charge in [-0.3, -0.25) is 9.36 Å². The van der Waals surface area contributed by atoms with Gasteiger partial charge >= 0.3 is 6.01 Å². The molecular weight excluding hydrogens is 342 g/mol. The predicted octanol–water partition coefficient (Wildman–Crippen LogP) is 3.41. The summed E-state index contributed by atoms with van der Waals surface area (Å²) in [7, 11) is 0. The van der Waals surface area contributed by atoms with Crippen LogP contribution < -0.4 is 10.3 Å². The van der Waals surface area contributed by atoms with Crippen LogP contribution in [0.2, 0.25) is 0 Å². The molecule has 0 spiro atoms. The summed E-state index contributed by atoms with van der Waals surface area (Å²) in [6, 6.07) is 19.2. The van der Waals surface area contributed by atoms with Gasteiger partial charge in [0, 0.05) is 6.04 Å². The van der Waals surface area contributed by atoms with E-state index in [9.17, 15) is 4.79 Å². The van der Waals surface area contributed by atoms with E-state index >= 15 is 0 Å². The van der Waals surface area contributed by atoms with Gasteiger partial charge in [-0.1, -0.05) is 53.7 Å². The van der Waals surface area contributed by atoms with E-state index in [1.165, 1.54) is 4.57 Å². The second-order valence-electron chi connectivity index (χ2n) is 6.48. The van der Waals surface area contributed by atoms with E-state index in [4.69, 9.17) is 4.74 Å². The van der Waals surface area contributed by atoms with Crippen molar-refractivity contribution in [1.29, 1.82) is 0 Å². The topological polar surface area (TPSA) is 74.8 Å². The Bertz CT molecular complexity index is 1120. The van der Waals surface area contributed by atoms with Gasteiger partial charge in [0.05, 0.1) is 6.54 Å². The van der Waals surface area contributed by atoms with Crippen LogP contribution in [0.15, 0.2) is 65.5 Å². The Morgan fingerprint density at radius 1 is 1.00 bits per heavy atom. The zero-order valence-corrected chi connectivity index (χ0v) is 15.1. The van der Waals surface area contributed by atoms with Crippen LogP contribution in [0.3, 0.4) is 0 Å². The van der Waals surface area contributed by atoms with E-state index in [2.05, 4.69) is 15.3 Å². The number of aromatic nitrogens is 5. The molecule has 0 aliphatic rings. The fraction of sp³-hybridized carbons (Fsp3) is 0.200. The molecule has 2 aromatic carbocycles. The van der Waals surface area contributed by atoms with Gasteiger partial charge in [-0.05, 0) is 31.5 Å². The third-order valence-electron chi connectivity index (χ3n) is 4.18. The molecule has 7 nitrogen and oxygen atoms in total. The van der Waals surface area contributed by atoms with Crippen molar-refractivity contribution in [3.8, 4) is 11.8 Å². The van der Waals surface area contributed by atoms with Crippen molar-refractivity contribution in [3.05, 3.63) is 76.6 Å². The van der Waals surface area contributed by atoms with Crippen molar-refractivity contribution < 1.29 is 4.74 Å². The van der Waals surface area contributed by atoms with Gasteiger partial charge in [0.2, 0.25) is 0 Å². The van der Waals surface area contributed by atoms with Gasteiger partial charge in [-0.2, -0.15) is 4.98 Å². The van der Waals surface area contributed by atoms with Crippen LogP contribution in [0.25, 0.3) is 11.2 Å². The maximum absolute atomic E-state index is 13.0. The Morgan fingerprint density at radius 3 is 2.33 bits per heavy atom. The molecule has 0 amide bonds. The fourth-order valence-corrected chi connectivity index (χ4v) is 2.89. The smallest absolute Gasteiger partial charge is 0.307 e. The van der Waals surface area contributed by atoms with Crippen LogP contribution in [0, 0.1) is 0 Å². The molecule has 0 N–H and O–H groups in total. The molecule has 2 aromatic heterocycles. The van der Waals surface area contributed by atoms with Crippen molar-refractivity contribution in [2.45, 2.75) is 26.4 Å². The molecule has 7 heteroatoms. The number of ether oxygens (including phenoxy) is 1. The zero-order chi connectivity index (χ0) is 18.8. The summed E-state index contributed by atoms with van der Waals surface area (Å²) in [4.78, 5) is 17.6. The lowest BCUT2D eigenvalue weighted by atomic mass is 10.2. The van der Waals surface area contributed by atoms with Crippen molar-refractivity contribution >= 4 is 11.2 Å². The molecular formula is C20H19N5O2. The fourth-order valence-electron chi connectivity index (χ4n) is 2.89. The Balaban J connectivity index is 1.84. The lowest BCUT2D eigenvalue weighted by Crippen LogP contribution is -2.25. The number of hydrogen-bond acceptors (Lipinski definition) is 5. The van der Waals surface area contributed by atoms with Crippen LogP contribution in [-0.2, 0) is 6.54 Å². The largest absolute Gasteiger partial charge is 0.425 e. The van der Waals surface area contributed by atoms with Gasteiger partial charge < -0.3 is 4.74 Å². The zero-order valence-electron chi connectivity index (χ0n) is 15.1. The highest BCUT2D eigenvalue weighted by atomic mass is 16.5. The van der Waals surface area contributed by atoms with Crippen LogP contribution in [-0.4, -0.2) is 24.5 Å². The summed E-state index contributed by atoms with van der Waals surface area (Å²) in [5, 5.41) is 8.20. The van der Waals surface area contributed by atoms with Crippen molar-refractivity contribution in [2.24, 2.45) is 0 Å². The SMILES string of the molecule is CC(C)n1c(Oc2ccccc2)nc2c(nnn2Cc2ccccc2)c1=O. The molecule has 0 bridgehead atoms. The first-order valence-electron chi connectivity index (χ1n) is 8.76. The Morgan fingerprint density at radius 2 is 1.67 bits per heavy atom.